The van der Waals surface area contributed by atoms with Gasteiger partial charge >= 0.3 is 0 Å². The zero-order chi connectivity index (χ0) is 12.8. The minimum Gasteiger partial charge on any atom is -0.273 e. The summed E-state index contributed by atoms with van der Waals surface area (Å²) in [5, 5.41) is 4.11. The van der Waals surface area contributed by atoms with Gasteiger partial charge in [0.1, 0.15) is 0 Å². The molecule has 0 atom stereocenters. The topological polar surface area (TPSA) is 41.5 Å². The zero-order valence-electron chi connectivity index (χ0n) is 10.9. The Balaban J connectivity index is 2.64. The molecule has 3 nitrogen and oxygen atoms in total. The van der Waals surface area contributed by atoms with Gasteiger partial charge in [-0.25, -0.2) is 5.43 Å². The highest BCUT2D eigenvalue weighted by molar-refractivity contribution is 5.99. The second kappa shape index (κ2) is 6.18. The Kier molecular flexibility index (Phi) is 4.88. The lowest BCUT2D eigenvalue weighted by atomic mass is 10.1. The van der Waals surface area contributed by atoms with Gasteiger partial charge in [-0.05, 0) is 25.3 Å². The number of aryl methyl sites for hydroxylation is 1. The fourth-order valence-corrected chi connectivity index (χ4v) is 1.50. The first kappa shape index (κ1) is 13.4. The predicted octanol–water partition coefficient (Wildman–Crippen LogP) is 2.88. The molecule has 0 saturated carbocycles. The molecule has 0 aliphatic rings. The molecule has 0 aliphatic carbocycles. The number of nitrogens with zero attached hydrogens (tertiary/aromatic N) is 1. The van der Waals surface area contributed by atoms with Gasteiger partial charge in [0, 0.05) is 6.42 Å². The number of nitrogens with one attached hydrogen (secondary N) is 1. The lowest BCUT2D eigenvalue weighted by Crippen LogP contribution is -2.20. The first-order valence-corrected chi connectivity index (χ1v) is 5.89. The quantitative estimate of drug-likeness (QED) is 0.629. The smallest absolute Gasteiger partial charge is 0.240 e. The molecule has 1 rings (SSSR count). The van der Waals surface area contributed by atoms with Crippen LogP contribution in [-0.2, 0) is 4.79 Å². The maximum absolute atomic E-state index is 11.4. The Morgan fingerprint density at radius 1 is 1.41 bits per heavy atom. The number of hydrazone groups is 1. The number of hydrogen-bond donors (Lipinski definition) is 1. The van der Waals surface area contributed by atoms with E-state index in [2.05, 4.69) is 10.5 Å². The van der Waals surface area contributed by atoms with Crippen LogP contribution in [0.15, 0.2) is 29.4 Å². The van der Waals surface area contributed by atoms with Gasteiger partial charge in [-0.2, -0.15) is 5.10 Å². The van der Waals surface area contributed by atoms with Crippen LogP contribution in [0.5, 0.6) is 0 Å². The SMILES string of the molecule is C/C(=N\NC(=O)CC(C)C)c1cccc(C)c1. The molecule has 0 fully saturated rings. The van der Waals surface area contributed by atoms with Crippen molar-refractivity contribution in [1.29, 1.82) is 0 Å². The van der Waals surface area contributed by atoms with E-state index in [0.29, 0.717) is 12.3 Å². The molecule has 1 aromatic carbocycles. The van der Waals surface area contributed by atoms with Crippen molar-refractivity contribution in [2.24, 2.45) is 11.0 Å². The molecule has 92 valence electrons. The molecular weight excluding hydrogens is 212 g/mol. The Hall–Kier alpha value is -1.64. The molecule has 0 saturated heterocycles. The van der Waals surface area contributed by atoms with E-state index in [4.69, 9.17) is 0 Å². The van der Waals surface area contributed by atoms with Crippen LogP contribution in [0.25, 0.3) is 0 Å². The summed E-state index contributed by atoms with van der Waals surface area (Å²) in [6, 6.07) is 8.06. The molecule has 0 unspecified atom stereocenters. The molecule has 0 aromatic heterocycles. The molecule has 17 heavy (non-hydrogen) atoms. The van der Waals surface area contributed by atoms with Gasteiger partial charge in [-0.3, -0.25) is 4.79 Å². The van der Waals surface area contributed by atoms with Crippen molar-refractivity contribution in [3.63, 3.8) is 0 Å². The normalized spacial score (nSPS) is 11.7. The Morgan fingerprint density at radius 3 is 2.71 bits per heavy atom. The number of hydrogen-bond acceptors (Lipinski definition) is 2. The van der Waals surface area contributed by atoms with Crippen molar-refractivity contribution >= 4 is 11.6 Å². The van der Waals surface area contributed by atoms with Gasteiger partial charge < -0.3 is 0 Å². The fourth-order valence-electron chi connectivity index (χ4n) is 1.50. The van der Waals surface area contributed by atoms with Gasteiger partial charge in [0.25, 0.3) is 0 Å². The number of amides is 1. The summed E-state index contributed by atoms with van der Waals surface area (Å²) >= 11 is 0. The van der Waals surface area contributed by atoms with Crippen LogP contribution < -0.4 is 5.43 Å². The van der Waals surface area contributed by atoms with Gasteiger partial charge in [0.15, 0.2) is 0 Å². The molecule has 3 heteroatoms. The Labute approximate surface area is 103 Å². The molecule has 0 aliphatic heterocycles. The second-order valence-electron chi connectivity index (χ2n) is 4.70. The number of rotatable bonds is 4. The summed E-state index contributed by atoms with van der Waals surface area (Å²) in [6.45, 7) is 7.95. The highest BCUT2D eigenvalue weighted by atomic mass is 16.2. The van der Waals surface area contributed by atoms with Crippen LogP contribution in [-0.4, -0.2) is 11.6 Å². The minimum atomic E-state index is -0.0352. The van der Waals surface area contributed by atoms with Crippen molar-refractivity contribution in [3.05, 3.63) is 35.4 Å². The minimum absolute atomic E-state index is 0.0352. The molecule has 0 bridgehead atoms. The van der Waals surface area contributed by atoms with Crippen molar-refractivity contribution in [1.82, 2.24) is 5.43 Å². The lowest BCUT2D eigenvalue weighted by Gasteiger charge is -2.05. The highest BCUT2D eigenvalue weighted by Crippen LogP contribution is 2.05. The van der Waals surface area contributed by atoms with E-state index in [1.807, 2.05) is 52.0 Å². The molecule has 0 heterocycles. The fraction of sp³-hybridized carbons (Fsp3) is 0.429. The van der Waals surface area contributed by atoms with E-state index in [1.165, 1.54) is 5.56 Å². The third-order valence-corrected chi connectivity index (χ3v) is 2.38. The van der Waals surface area contributed by atoms with Crippen molar-refractivity contribution in [2.45, 2.75) is 34.1 Å². The van der Waals surface area contributed by atoms with Crippen LogP contribution in [0, 0.1) is 12.8 Å². The van der Waals surface area contributed by atoms with E-state index in [1.54, 1.807) is 0 Å². The number of carbonyl (C=O) groups excluding carboxylic acids is 1. The summed E-state index contributed by atoms with van der Waals surface area (Å²) in [7, 11) is 0. The summed E-state index contributed by atoms with van der Waals surface area (Å²) in [4.78, 5) is 11.4. The Bertz CT molecular complexity index is 422. The standard InChI is InChI=1S/C14H20N2O/c1-10(2)8-14(17)16-15-12(4)13-7-5-6-11(3)9-13/h5-7,9-10H,8H2,1-4H3,(H,16,17)/b15-12+. The third-order valence-electron chi connectivity index (χ3n) is 2.38. The van der Waals surface area contributed by atoms with Crippen molar-refractivity contribution in [2.75, 3.05) is 0 Å². The number of carbonyl (C=O) groups is 1. The van der Waals surface area contributed by atoms with Crippen molar-refractivity contribution < 1.29 is 4.79 Å². The van der Waals surface area contributed by atoms with Gasteiger partial charge in [-0.15, -0.1) is 0 Å². The average molecular weight is 232 g/mol. The van der Waals surface area contributed by atoms with E-state index in [-0.39, 0.29) is 5.91 Å². The first-order chi connectivity index (χ1) is 7.99. The van der Waals surface area contributed by atoms with E-state index in [9.17, 15) is 4.79 Å². The largest absolute Gasteiger partial charge is 0.273 e. The van der Waals surface area contributed by atoms with Crippen LogP contribution in [0.2, 0.25) is 0 Å². The first-order valence-electron chi connectivity index (χ1n) is 5.89. The molecule has 1 amide bonds. The number of benzene rings is 1. The lowest BCUT2D eigenvalue weighted by molar-refractivity contribution is -0.121. The summed E-state index contributed by atoms with van der Waals surface area (Å²) in [5.41, 5.74) is 5.63. The summed E-state index contributed by atoms with van der Waals surface area (Å²) in [6.07, 6.45) is 0.505. The molecule has 1 N–H and O–H groups in total. The average Bonchev–Trinajstić information content (AvgIpc) is 2.25. The van der Waals surface area contributed by atoms with Crippen LogP contribution in [0.3, 0.4) is 0 Å². The maximum atomic E-state index is 11.4. The Morgan fingerprint density at radius 2 is 2.12 bits per heavy atom. The van der Waals surface area contributed by atoms with Crippen LogP contribution in [0.4, 0.5) is 0 Å². The third kappa shape index (κ3) is 4.81. The second-order valence-corrected chi connectivity index (χ2v) is 4.70. The van der Waals surface area contributed by atoms with Gasteiger partial charge in [0.2, 0.25) is 5.91 Å². The molecule has 0 spiro atoms. The maximum Gasteiger partial charge on any atom is 0.240 e. The molecular formula is C14H20N2O. The monoisotopic (exact) mass is 232 g/mol. The van der Waals surface area contributed by atoms with Gasteiger partial charge in [-0.1, -0.05) is 43.7 Å². The predicted molar refractivity (Wildman–Crippen MR) is 71.0 cm³/mol. The highest BCUT2D eigenvalue weighted by Gasteiger charge is 2.03. The van der Waals surface area contributed by atoms with Crippen LogP contribution in [0.1, 0.15) is 38.3 Å². The zero-order valence-corrected chi connectivity index (χ0v) is 10.9. The van der Waals surface area contributed by atoms with E-state index < -0.39 is 0 Å². The molecule has 1 aromatic rings. The van der Waals surface area contributed by atoms with E-state index >= 15 is 0 Å². The summed E-state index contributed by atoms with van der Waals surface area (Å²) < 4.78 is 0. The van der Waals surface area contributed by atoms with E-state index in [0.717, 1.165) is 11.3 Å². The molecule has 0 radical (unpaired) electrons. The van der Waals surface area contributed by atoms with Crippen LogP contribution >= 0.6 is 0 Å². The van der Waals surface area contributed by atoms with Gasteiger partial charge in [0.05, 0.1) is 5.71 Å². The summed E-state index contributed by atoms with van der Waals surface area (Å²) in [5.74, 6) is 0.316. The van der Waals surface area contributed by atoms with Crippen molar-refractivity contribution in [3.8, 4) is 0 Å².